The van der Waals surface area contributed by atoms with Gasteiger partial charge in [-0.3, -0.25) is 4.79 Å². The van der Waals surface area contributed by atoms with Crippen molar-refractivity contribution in [3.05, 3.63) is 35.4 Å². The van der Waals surface area contributed by atoms with Gasteiger partial charge in [-0.2, -0.15) is 0 Å². The summed E-state index contributed by atoms with van der Waals surface area (Å²) in [5.74, 6) is -0.0843. The zero-order valence-corrected chi connectivity index (χ0v) is 13.4. The molecule has 0 spiro atoms. The highest BCUT2D eigenvalue weighted by molar-refractivity contribution is 5.82. The van der Waals surface area contributed by atoms with Crippen LogP contribution in [0.15, 0.2) is 24.3 Å². The number of amides is 1. The van der Waals surface area contributed by atoms with Crippen LogP contribution in [0.25, 0.3) is 0 Å². The number of hydrogen-bond acceptors (Lipinski definition) is 3. The van der Waals surface area contributed by atoms with Crippen LogP contribution >= 0.6 is 0 Å². The predicted molar refractivity (Wildman–Crippen MR) is 86.0 cm³/mol. The summed E-state index contributed by atoms with van der Waals surface area (Å²) in [5.41, 5.74) is 8.28. The molecule has 1 aromatic rings. The van der Waals surface area contributed by atoms with Crippen molar-refractivity contribution in [3.63, 3.8) is 0 Å². The Kier molecular flexibility index (Phi) is 5.01. The van der Waals surface area contributed by atoms with Crippen molar-refractivity contribution in [2.75, 3.05) is 26.7 Å². The number of rotatable bonds is 4. The Morgan fingerprint density at radius 2 is 1.90 bits per heavy atom. The molecular formula is C17H27N3O. The monoisotopic (exact) mass is 289 g/mol. The number of likely N-dealkylation sites (tertiary alicyclic amines) is 1. The fourth-order valence-corrected chi connectivity index (χ4v) is 2.67. The molecule has 0 bridgehead atoms. The van der Waals surface area contributed by atoms with Gasteiger partial charge in [0, 0.05) is 6.54 Å². The summed E-state index contributed by atoms with van der Waals surface area (Å²) < 4.78 is 0. The van der Waals surface area contributed by atoms with E-state index in [1.165, 1.54) is 5.56 Å². The smallest absolute Gasteiger partial charge is 0.241 e. The number of nitrogens with one attached hydrogen (secondary N) is 1. The van der Waals surface area contributed by atoms with Crippen LogP contribution < -0.4 is 11.1 Å². The molecule has 1 saturated heterocycles. The van der Waals surface area contributed by atoms with Crippen molar-refractivity contribution in [2.24, 2.45) is 11.1 Å². The van der Waals surface area contributed by atoms with Crippen LogP contribution in [0.4, 0.5) is 0 Å². The molecule has 1 amide bonds. The molecule has 116 valence electrons. The first-order valence-corrected chi connectivity index (χ1v) is 7.68. The van der Waals surface area contributed by atoms with Gasteiger partial charge < -0.3 is 16.0 Å². The zero-order valence-electron chi connectivity index (χ0n) is 13.4. The van der Waals surface area contributed by atoms with E-state index in [2.05, 4.69) is 24.2 Å². The summed E-state index contributed by atoms with van der Waals surface area (Å²) in [6.45, 7) is 7.17. The van der Waals surface area contributed by atoms with Crippen LogP contribution in [0, 0.1) is 12.3 Å². The maximum Gasteiger partial charge on any atom is 0.241 e. The third kappa shape index (κ3) is 4.29. The highest BCUT2D eigenvalue weighted by atomic mass is 16.2. The van der Waals surface area contributed by atoms with E-state index >= 15 is 0 Å². The van der Waals surface area contributed by atoms with E-state index in [0.717, 1.165) is 31.5 Å². The van der Waals surface area contributed by atoms with Gasteiger partial charge in [0.1, 0.15) is 6.04 Å². The van der Waals surface area contributed by atoms with Crippen LogP contribution in [-0.2, 0) is 4.79 Å². The normalized spacial score (nSPS) is 20.0. The minimum absolute atomic E-state index is 0.0843. The molecule has 0 aliphatic carbocycles. The minimum Gasteiger partial charge on any atom is -0.354 e. The maximum absolute atomic E-state index is 12.2. The van der Waals surface area contributed by atoms with Crippen LogP contribution in [0.3, 0.4) is 0 Å². The van der Waals surface area contributed by atoms with Crippen molar-refractivity contribution in [3.8, 4) is 0 Å². The number of hydrogen-bond donors (Lipinski definition) is 2. The second kappa shape index (κ2) is 6.58. The van der Waals surface area contributed by atoms with Crippen molar-refractivity contribution in [1.82, 2.24) is 10.2 Å². The molecule has 21 heavy (non-hydrogen) atoms. The van der Waals surface area contributed by atoms with Crippen LogP contribution in [-0.4, -0.2) is 37.5 Å². The Morgan fingerprint density at radius 3 is 2.48 bits per heavy atom. The maximum atomic E-state index is 12.2. The lowest BCUT2D eigenvalue weighted by Gasteiger charge is -2.38. The van der Waals surface area contributed by atoms with Gasteiger partial charge in [-0.25, -0.2) is 0 Å². The SMILES string of the molecule is Cc1ccc(C(N)C(=O)NCC2(C)CCN(C)CC2)cc1. The number of carbonyl (C=O) groups excluding carboxylic acids is 1. The molecule has 1 unspecified atom stereocenters. The van der Waals surface area contributed by atoms with Gasteiger partial charge in [0.25, 0.3) is 0 Å². The fraction of sp³-hybridized carbons (Fsp3) is 0.588. The summed E-state index contributed by atoms with van der Waals surface area (Å²) in [4.78, 5) is 14.6. The van der Waals surface area contributed by atoms with Gasteiger partial charge in [0.05, 0.1) is 0 Å². The van der Waals surface area contributed by atoms with Crippen molar-refractivity contribution in [2.45, 2.75) is 32.7 Å². The third-order valence-electron chi connectivity index (χ3n) is 4.60. The highest BCUT2D eigenvalue weighted by Gasteiger charge is 2.29. The Balaban J connectivity index is 1.88. The third-order valence-corrected chi connectivity index (χ3v) is 4.60. The molecule has 1 heterocycles. The standard InChI is InChI=1S/C17H27N3O/c1-13-4-6-14(7-5-13)15(18)16(21)19-12-17(2)8-10-20(3)11-9-17/h4-7,15H,8-12,18H2,1-3H3,(H,19,21). The lowest BCUT2D eigenvalue weighted by atomic mass is 9.80. The zero-order chi connectivity index (χ0) is 15.5. The molecule has 2 rings (SSSR count). The Morgan fingerprint density at radius 1 is 1.33 bits per heavy atom. The number of nitrogens with zero attached hydrogens (tertiary/aromatic N) is 1. The van der Waals surface area contributed by atoms with Crippen LogP contribution in [0.5, 0.6) is 0 Å². The predicted octanol–water partition coefficient (Wildman–Crippen LogP) is 1.84. The van der Waals surface area contributed by atoms with Crippen molar-refractivity contribution in [1.29, 1.82) is 0 Å². The number of carbonyl (C=O) groups is 1. The molecule has 1 fully saturated rings. The van der Waals surface area contributed by atoms with Gasteiger partial charge in [-0.05, 0) is 50.9 Å². The molecule has 4 heteroatoms. The minimum atomic E-state index is -0.583. The first-order valence-electron chi connectivity index (χ1n) is 7.68. The van der Waals surface area contributed by atoms with Gasteiger partial charge in [-0.1, -0.05) is 36.8 Å². The highest BCUT2D eigenvalue weighted by Crippen LogP contribution is 2.29. The van der Waals surface area contributed by atoms with E-state index in [1.54, 1.807) is 0 Å². The van der Waals surface area contributed by atoms with E-state index in [9.17, 15) is 4.79 Å². The number of benzene rings is 1. The van der Waals surface area contributed by atoms with E-state index in [0.29, 0.717) is 6.54 Å². The largest absolute Gasteiger partial charge is 0.354 e. The lowest BCUT2D eigenvalue weighted by molar-refractivity contribution is -0.123. The average molecular weight is 289 g/mol. The van der Waals surface area contributed by atoms with E-state index in [4.69, 9.17) is 5.73 Å². The molecule has 0 radical (unpaired) electrons. The molecule has 4 nitrogen and oxygen atoms in total. The van der Waals surface area contributed by atoms with Crippen LogP contribution in [0.1, 0.15) is 36.9 Å². The molecular weight excluding hydrogens is 262 g/mol. The number of piperidine rings is 1. The van der Waals surface area contributed by atoms with Crippen LogP contribution in [0.2, 0.25) is 0 Å². The molecule has 1 aliphatic rings. The second-order valence-electron chi connectivity index (χ2n) is 6.72. The summed E-state index contributed by atoms with van der Waals surface area (Å²) in [6, 6.07) is 7.25. The lowest BCUT2D eigenvalue weighted by Crippen LogP contribution is -2.45. The Labute approximate surface area is 127 Å². The van der Waals surface area contributed by atoms with Crippen molar-refractivity contribution < 1.29 is 4.79 Å². The van der Waals surface area contributed by atoms with Crippen molar-refractivity contribution >= 4 is 5.91 Å². The van der Waals surface area contributed by atoms with Gasteiger partial charge in [0.2, 0.25) is 5.91 Å². The molecule has 1 aliphatic heterocycles. The van der Waals surface area contributed by atoms with E-state index < -0.39 is 6.04 Å². The van der Waals surface area contributed by atoms with Gasteiger partial charge in [-0.15, -0.1) is 0 Å². The molecule has 0 aromatic heterocycles. The quantitative estimate of drug-likeness (QED) is 0.889. The Bertz CT molecular complexity index is 475. The number of aryl methyl sites for hydroxylation is 1. The molecule has 0 saturated carbocycles. The Hall–Kier alpha value is -1.39. The number of nitrogens with two attached hydrogens (primary N) is 1. The first-order chi connectivity index (χ1) is 9.89. The van der Waals surface area contributed by atoms with E-state index in [-0.39, 0.29) is 11.3 Å². The molecule has 1 atom stereocenters. The average Bonchev–Trinajstić information content (AvgIpc) is 2.48. The molecule has 1 aromatic carbocycles. The summed E-state index contributed by atoms with van der Waals surface area (Å²) in [7, 11) is 2.14. The van der Waals surface area contributed by atoms with Gasteiger partial charge in [0.15, 0.2) is 0 Å². The second-order valence-corrected chi connectivity index (χ2v) is 6.72. The van der Waals surface area contributed by atoms with Gasteiger partial charge >= 0.3 is 0 Å². The fourth-order valence-electron chi connectivity index (χ4n) is 2.67. The first kappa shape index (κ1) is 16.0. The topological polar surface area (TPSA) is 58.4 Å². The summed E-state index contributed by atoms with van der Waals surface area (Å²) in [6.07, 6.45) is 2.23. The summed E-state index contributed by atoms with van der Waals surface area (Å²) in [5, 5.41) is 3.04. The van der Waals surface area contributed by atoms with E-state index in [1.807, 2.05) is 31.2 Å². The molecule has 3 N–H and O–H groups in total. The summed E-state index contributed by atoms with van der Waals surface area (Å²) >= 11 is 0.